The number of rotatable bonds is 2. The number of carbonyl (C=O) groups is 1. The maximum atomic E-state index is 13.6. The van der Waals surface area contributed by atoms with Crippen molar-refractivity contribution in [2.24, 2.45) is 5.92 Å². The van der Waals surface area contributed by atoms with Crippen LogP contribution >= 0.6 is 0 Å². The van der Waals surface area contributed by atoms with Gasteiger partial charge in [-0.1, -0.05) is 0 Å². The summed E-state index contributed by atoms with van der Waals surface area (Å²) in [5.74, 6) is -7.65. The van der Waals surface area contributed by atoms with Gasteiger partial charge < -0.3 is 9.64 Å². The Morgan fingerprint density at radius 3 is 2.40 bits per heavy atom. The normalized spacial score (nSPS) is 19.1. The molecule has 4 nitrogen and oxygen atoms in total. The Bertz CT molecular complexity index is 512. The van der Waals surface area contributed by atoms with E-state index < -0.39 is 41.1 Å². The van der Waals surface area contributed by atoms with Gasteiger partial charge in [0.2, 0.25) is 11.6 Å². The summed E-state index contributed by atoms with van der Waals surface area (Å²) in [4.78, 5) is 15.0. The fourth-order valence-corrected chi connectivity index (χ4v) is 2.29. The minimum atomic E-state index is -1.71. The highest BCUT2D eigenvalue weighted by Crippen LogP contribution is 2.30. The molecule has 0 aromatic carbocycles. The second-order valence-electron chi connectivity index (χ2n) is 4.48. The number of hydrogen-bond acceptors (Lipinski definition) is 4. The minimum Gasteiger partial charge on any atom is -0.469 e. The quantitative estimate of drug-likeness (QED) is 0.475. The van der Waals surface area contributed by atoms with Crippen molar-refractivity contribution in [3.63, 3.8) is 0 Å². The van der Waals surface area contributed by atoms with E-state index in [9.17, 15) is 22.4 Å². The third-order valence-corrected chi connectivity index (χ3v) is 3.25. The lowest BCUT2D eigenvalue weighted by atomic mass is 9.97. The third-order valence-electron chi connectivity index (χ3n) is 3.25. The summed E-state index contributed by atoms with van der Waals surface area (Å²) >= 11 is 0. The van der Waals surface area contributed by atoms with Gasteiger partial charge >= 0.3 is 5.97 Å². The van der Waals surface area contributed by atoms with E-state index in [-0.39, 0.29) is 13.1 Å². The molecule has 1 aromatic rings. The molecule has 1 aliphatic rings. The van der Waals surface area contributed by atoms with Crippen LogP contribution in [0.4, 0.5) is 23.2 Å². The number of carbonyl (C=O) groups excluding carboxylic acids is 1. The van der Waals surface area contributed by atoms with Gasteiger partial charge in [-0.25, -0.2) is 0 Å². The maximum absolute atomic E-state index is 13.6. The van der Waals surface area contributed by atoms with E-state index in [4.69, 9.17) is 0 Å². The topological polar surface area (TPSA) is 42.4 Å². The van der Waals surface area contributed by atoms with Gasteiger partial charge in [-0.2, -0.15) is 22.5 Å². The summed E-state index contributed by atoms with van der Waals surface area (Å²) < 4.78 is 58.0. The van der Waals surface area contributed by atoms with Gasteiger partial charge in [0.1, 0.15) is 5.69 Å². The molecule has 1 aromatic heterocycles. The first kappa shape index (κ1) is 14.5. The number of pyridine rings is 1. The number of piperidine rings is 1. The summed E-state index contributed by atoms with van der Waals surface area (Å²) in [6.45, 7) is 0.119. The van der Waals surface area contributed by atoms with Gasteiger partial charge in [-0.3, -0.25) is 4.79 Å². The number of aromatic nitrogens is 1. The predicted octanol–water partition coefficient (Wildman–Crippen LogP) is 2.03. The lowest BCUT2D eigenvalue weighted by Gasteiger charge is -2.33. The molecule has 20 heavy (non-hydrogen) atoms. The molecule has 0 amide bonds. The molecular formula is C12H12F4N2O2. The lowest BCUT2D eigenvalue weighted by molar-refractivity contribution is -0.145. The molecule has 0 aliphatic carbocycles. The summed E-state index contributed by atoms with van der Waals surface area (Å²) in [5.41, 5.74) is -0.830. The van der Waals surface area contributed by atoms with Crippen molar-refractivity contribution < 1.29 is 27.1 Å². The maximum Gasteiger partial charge on any atom is 0.310 e. The van der Waals surface area contributed by atoms with E-state index in [0.717, 1.165) is 4.90 Å². The summed E-state index contributed by atoms with van der Waals surface area (Å²) in [5, 5.41) is 0. The molecule has 0 N–H and O–H groups in total. The van der Waals surface area contributed by atoms with Crippen LogP contribution in [0.25, 0.3) is 0 Å². The SMILES string of the molecule is COC(=O)C1CCCN(c2c(F)c(F)nc(F)c2F)C1. The van der Waals surface area contributed by atoms with E-state index in [1.807, 2.05) is 0 Å². The number of anilines is 1. The number of ether oxygens (including phenoxy) is 1. The standard InChI is InChI=1S/C12H12F4N2O2/c1-20-12(19)6-3-2-4-18(5-6)9-7(13)10(15)17-11(16)8(9)14/h6H,2-5H2,1H3. The first-order chi connectivity index (χ1) is 9.45. The number of halogens is 4. The second-order valence-corrected chi connectivity index (χ2v) is 4.48. The molecule has 1 unspecified atom stereocenters. The summed E-state index contributed by atoms with van der Waals surface area (Å²) in [7, 11) is 1.20. The van der Waals surface area contributed by atoms with Crippen molar-refractivity contribution >= 4 is 11.7 Å². The molecule has 110 valence electrons. The highest BCUT2D eigenvalue weighted by molar-refractivity contribution is 5.73. The highest BCUT2D eigenvalue weighted by Gasteiger charge is 2.32. The smallest absolute Gasteiger partial charge is 0.310 e. The van der Waals surface area contributed by atoms with Crippen LogP contribution in [-0.4, -0.2) is 31.2 Å². The Labute approximate surface area is 112 Å². The Hall–Kier alpha value is -1.86. The second kappa shape index (κ2) is 5.64. The number of esters is 1. The van der Waals surface area contributed by atoms with Gasteiger partial charge in [-0.05, 0) is 12.8 Å². The van der Waals surface area contributed by atoms with Crippen molar-refractivity contribution in [3.05, 3.63) is 23.5 Å². The van der Waals surface area contributed by atoms with Crippen molar-refractivity contribution in [3.8, 4) is 0 Å². The average Bonchev–Trinajstić information content (AvgIpc) is 2.45. The number of methoxy groups -OCH3 is 1. The number of hydrogen-bond donors (Lipinski definition) is 0. The Morgan fingerprint density at radius 2 is 1.85 bits per heavy atom. The minimum absolute atomic E-state index is 0.0661. The zero-order valence-corrected chi connectivity index (χ0v) is 10.6. The van der Waals surface area contributed by atoms with E-state index in [1.165, 1.54) is 7.11 Å². The molecule has 0 radical (unpaired) electrons. The van der Waals surface area contributed by atoms with Crippen LogP contribution in [0.2, 0.25) is 0 Å². The zero-order valence-electron chi connectivity index (χ0n) is 10.6. The van der Waals surface area contributed by atoms with Gasteiger partial charge in [-0.15, -0.1) is 0 Å². The van der Waals surface area contributed by atoms with Crippen LogP contribution in [0, 0.1) is 29.4 Å². The predicted molar refractivity (Wildman–Crippen MR) is 61.0 cm³/mol. The zero-order chi connectivity index (χ0) is 14.9. The molecule has 2 rings (SSSR count). The molecule has 2 heterocycles. The Morgan fingerprint density at radius 1 is 1.25 bits per heavy atom. The van der Waals surface area contributed by atoms with E-state index in [2.05, 4.69) is 9.72 Å². The largest absolute Gasteiger partial charge is 0.469 e. The fraction of sp³-hybridized carbons (Fsp3) is 0.500. The molecule has 1 fully saturated rings. The Balaban J connectivity index is 2.34. The van der Waals surface area contributed by atoms with E-state index in [1.54, 1.807) is 0 Å². The van der Waals surface area contributed by atoms with Crippen LogP contribution in [0.15, 0.2) is 0 Å². The van der Waals surface area contributed by atoms with Gasteiger partial charge in [0.05, 0.1) is 13.0 Å². The van der Waals surface area contributed by atoms with E-state index in [0.29, 0.717) is 12.8 Å². The van der Waals surface area contributed by atoms with Crippen molar-refractivity contribution in [2.75, 3.05) is 25.1 Å². The first-order valence-corrected chi connectivity index (χ1v) is 5.98. The summed E-state index contributed by atoms with van der Waals surface area (Å²) in [6.07, 6.45) is 0.937. The van der Waals surface area contributed by atoms with Gasteiger partial charge in [0.25, 0.3) is 11.9 Å². The van der Waals surface area contributed by atoms with Crippen molar-refractivity contribution in [1.29, 1.82) is 0 Å². The molecule has 0 saturated carbocycles. The molecule has 8 heteroatoms. The first-order valence-electron chi connectivity index (χ1n) is 5.98. The molecule has 1 saturated heterocycles. The molecule has 0 spiro atoms. The molecule has 1 atom stereocenters. The fourth-order valence-electron chi connectivity index (χ4n) is 2.29. The van der Waals surface area contributed by atoms with Crippen molar-refractivity contribution in [1.82, 2.24) is 4.98 Å². The van der Waals surface area contributed by atoms with Crippen LogP contribution in [0.1, 0.15) is 12.8 Å². The van der Waals surface area contributed by atoms with Crippen LogP contribution < -0.4 is 4.90 Å². The van der Waals surface area contributed by atoms with Crippen LogP contribution in [0.5, 0.6) is 0 Å². The summed E-state index contributed by atoms with van der Waals surface area (Å²) in [6, 6.07) is 0. The van der Waals surface area contributed by atoms with E-state index >= 15 is 0 Å². The molecular weight excluding hydrogens is 280 g/mol. The number of nitrogens with zero attached hydrogens (tertiary/aromatic N) is 2. The molecule has 1 aliphatic heterocycles. The molecule has 0 bridgehead atoms. The monoisotopic (exact) mass is 292 g/mol. The Kier molecular flexibility index (Phi) is 4.10. The van der Waals surface area contributed by atoms with Gasteiger partial charge in [0, 0.05) is 13.1 Å². The average molecular weight is 292 g/mol. The van der Waals surface area contributed by atoms with Gasteiger partial charge in [0.15, 0.2) is 0 Å². The highest BCUT2D eigenvalue weighted by atomic mass is 19.2. The van der Waals surface area contributed by atoms with Crippen LogP contribution in [0.3, 0.4) is 0 Å². The third kappa shape index (κ3) is 2.54. The lowest BCUT2D eigenvalue weighted by Crippen LogP contribution is -2.40. The van der Waals surface area contributed by atoms with Crippen molar-refractivity contribution in [2.45, 2.75) is 12.8 Å². The van der Waals surface area contributed by atoms with Crippen LogP contribution in [-0.2, 0) is 9.53 Å².